The van der Waals surface area contributed by atoms with Crippen LogP contribution in [-0.4, -0.2) is 29.8 Å². The summed E-state index contributed by atoms with van der Waals surface area (Å²) < 4.78 is 6.17. The third kappa shape index (κ3) is 3.32. The number of aryl methyl sites for hydroxylation is 2. The summed E-state index contributed by atoms with van der Waals surface area (Å²) in [6.45, 7) is 5.25. The van der Waals surface area contributed by atoms with Gasteiger partial charge in [0, 0.05) is 18.3 Å². The molecule has 20 heavy (non-hydrogen) atoms. The number of ether oxygens (including phenoxy) is 1. The van der Waals surface area contributed by atoms with Gasteiger partial charge in [-0.05, 0) is 74.3 Å². The number of nitrogens with one attached hydrogen (secondary N) is 1. The monoisotopic (exact) mass is 291 g/mol. The van der Waals surface area contributed by atoms with Gasteiger partial charge in [-0.3, -0.25) is 0 Å². The molecule has 110 valence electrons. The summed E-state index contributed by atoms with van der Waals surface area (Å²) in [5, 5.41) is 3.75. The predicted octanol–water partition coefficient (Wildman–Crippen LogP) is 4.16. The van der Waals surface area contributed by atoms with Crippen LogP contribution in [0.3, 0.4) is 0 Å². The first-order chi connectivity index (χ1) is 9.65. The molecular formula is C17H25NOS. The van der Waals surface area contributed by atoms with E-state index in [1.54, 1.807) is 0 Å². The first kappa shape index (κ1) is 14.3. The first-order valence-electron chi connectivity index (χ1n) is 7.72. The summed E-state index contributed by atoms with van der Waals surface area (Å²) in [7, 11) is 0. The van der Waals surface area contributed by atoms with Crippen LogP contribution in [-0.2, 0) is 4.74 Å². The highest BCUT2D eigenvalue weighted by Crippen LogP contribution is 2.38. The van der Waals surface area contributed by atoms with Crippen LogP contribution in [0.4, 0.5) is 5.69 Å². The molecule has 1 aromatic rings. The number of benzene rings is 1. The van der Waals surface area contributed by atoms with Crippen LogP contribution < -0.4 is 5.32 Å². The quantitative estimate of drug-likeness (QED) is 0.884. The summed E-state index contributed by atoms with van der Waals surface area (Å²) in [6.07, 6.45) is 4.74. The maximum atomic E-state index is 6.17. The zero-order valence-electron chi connectivity index (χ0n) is 12.6. The van der Waals surface area contributed by atoms with E-state index < -0.39 is 0 Å². The van der Waals surface area contributed by atoms with E-state index in [1.165, 1.54) is 47.6 Å². The van der Waals surface area contributed by atoms with E-state index in [-0.39, 0.29) is 5.60 Å². The second kappa shape index (κ2) is 5.98. The Kier molecular flexibility index (Phi) is 4.27. The highest BCUT2D eigenvalue weighted by atomic mass is 32.2. The van der Waals surface area contributed by atoms with Gasteiger partial charge >= 0.3 is 0 Å². The van der Waals surface area contributed by atoms with Gasteiger partial charge < -0.3 is 10.1 Å². The molecule has 0 radical (unpaired) electrons. The number of thioether (sulfide) groups is 1. The van der Waals surface area contributed by atoms with Crippen molar-refractivity contribution in [1.29, 1.82) is 0 Å². The van der Waals surface area contributed by atoms with E-state index in [0.29, 0.717) is 6.04 Å². The van der Waals surface area contributed by atoms with Crippen molar-refractivity contribution < 1.29 is 4.74 Å². The zero-order valence-corrected chi connectivity index (χ0v) is 13.4. The van der Waals surface area contributed by atoms with Gasteiger partial charge in [0.1, 0.15) is 0 Å². The van der Waals surface area contributed by atoms with Gasteiger partial charge in [-0.1, -0.05) is 6.07 Å². The lowest BCUT2D eigenvalue weighted by atomic mass is 9.85. The van der Waals surface area contributed by atoms with Crippen LogP contribution >= 0.6 is 11.8 Å². The molecule has 1 aromatic carbocycles. The van der Waals surface area contributed by atoms with Crippen LogP contribution in [0.5, 0.6) is 0 Å². The lowest BCUT2D eigenvalue weighted by Crippen LogP contribution is -2.46. The molecule has 0 bridgehead atoms. The van der Waals surface area contributed by atoms with Crippen LogP contribution in [0.2, 0.25) is 0 Å². The van der Waals surface area contributed by atoms with E-state index in [1.807, 2.05) is 0 Å². The fourth-order valence-electron chi connectivity index (χ4n) is 3.54. The maximum absolute atomic E-state index is 6.17. The third-order valence-electron chi connectivity index (χ3n) is 4.49. The summed E-state index contributed by atoms with van der Waals surface area (Å²) >= 11 is 2.07. The number of anilines is 1. The summed E-state index contributed by atoms with van der Waals surface area (Å²) in [6, 6.07) is 7.31. The first-order valence-corrected chi connectivity index (χ1v) is 8.87. The van der Waals surface area contributed by atoms with Gasteiger partial charge in [-0.15, -0.1) is 0 Å². The van der Waals surface area contributed by atoms with Crippen molar-refractivity contribution in [2.24, 2.45) is 0 Å². The van der Waals surface area contributed by atoms with Crippen molar-refractivity contribution >= 4 is 17.4 Å². The van der Waals surface area contributed by atoms with Gasteiger partial charge in [0.05, 0.1) is 5.60 Å². The summed E-state index contributed by atoms with van der Waals surface area (Å²) in [5.41, 5.74) is 4.11. The third-order valence-corrected chi connectivity index (χ3v) is 5.48. The lowest BCUT2D eigenvalue weighted by molar-refractivity contribution is -0.0865. The predicted molar refractivity (Wildman–Crippen MR) is 87.8 cm³/mol. The van der Waals surface area contributed by atoms with Crippen LogP contribution in [0.25, 0.3) is 0 Å². The van der Waals surface area contributed by atoms with Crippen LogP contribution in [0, 0.1) is 13.8 Å². The van der Waals surface area contributed by atoms with Crippen LogP contribution in [0.1, 0.15) is 36.8 Å². The minimum atomic E-state index is 0.167. The molecule has 2 nitrogen and oxygen atoms in total. The molecular weight excluding hydrogens is 266 g/mol. The van der Waals surface area contributed by atoms with Gasteiger partial charge in [-0.2, -0.15) is 11.8 Å². The van der Waals surface area contributed by atoms with Gasteiger partial charge in [0.25, 0.3) is 0 Å². The van der Waals surface area contributed by atoms with Crippen molar-refractivity contribution in [3.63, 3.8) is 0 Å². The minimum absolute atomic E-state index is 0.167. The van der Waals surface area contributed by atoms with Crippen molar-refractivity contribution in [1.82, 2.24) is 0 Å². The molecule has 2 heterocycles. The largest absolute Gasteiger partial charge is 0.382 e. The molecule has 3 heteroatoms. The molecule has 0 aromatic heterocycles. The maximum Gasteiger partial charge on any atom is 0.0717 e. The Morgan fingerprint density at radius 1 is 1.15 bits per heavy atom. The van der Waals surface area contributed by atoms with E-state index in [2.05, 4.69) is 49.1 Å². The molecule has 2 aliphatic heterocycles. The Labute approximate surface area is 126 Å². The van der Waals surface area contributed by atoms with Crippen molar-refractivity contribution in [2.75, 3.05) is 23.4 Å². The van der Waals surface area contributed by atoms with Gasteiger partial charge in [-0.25, -0.2) is 0 Å². The number of hydrogen-bond donors (Lipinski definition) is 1. The van der Waals surface area contributed by atoms with E-state index in [4.69, 9.17) is 4.74 Å². The van der Waals surface area contributed by atoms with E-state index in [9.17, 15) is 0 Å². The molecule has 1 atom stereocenters. The topological polar surface area (TPSA) is 21.3 Å². The molecule has 1 spiro atoms. The smallest absolute Gasteiger partial charge is 0.0717 e. The minimum Gasteiger partial charge on any atom is -0.382 e. The lowest BCUT2D eigenvalue weighted by Gasteiger charge is -2.43. The second-order valence-electron chi connectivity index (χ2n) is 6.35. The second-order valence-corrected chi connectivity index (χ2v) is 7.58. The standard InChI is InChI=1S/C17H25NOS/c1-13-9-14(2)11-16(10-13)18-15-3-6-19-17(12-15)4-7-20-8-5-17/h9-11,15,18H,3-8,12H2,1-2H3. The number of hydrogen-bond acceptors (Lipinski definition) is 3. The Morgan fingerprint density at radius 3 is 2.55 bits per heavy atom. The molecule has 1 N–H and O–H groups in total. The molecule has 2 aliphatic rings. The van der Waals surface area contributed by atoms with E-state index in [0.717, 1.165) is 13.0 Å². The summed E-state index contributed by atoms with van der Waals surface area (Å²) in [4.78, 5) is 0. The van der Waals surface area contributed by atoms with Crippen molar-refractivity contribution in [2.45, 2.75) is 51.2 Å². The van der Waals surface area contributed by atoms with Crippen molar-refractivity contribution in [3.05, 3.63) is 29.3 Å². The molecule has 2 fully saturated rings. The SMILES string of the molecule is Cc1cc(C)cc(NC2CCOC3(CCSCC3)C2)c1. The number of rotatable bonds is 2. The molecule has 1 unspecified atom stereocenters. The fourth-order valence-corrected chi connectivity index (χ4v) is 4.77. The summed E-state index contributed by atoms with van der Waals surface area (Å²) in [5.74, 6) is 2.52. The Hall–Kier alpha value is -0.670. The molecule has 2 saturated heterocycles. The fraction of sp³-hybridized carbons (Fsp3) is 0.647. The normalized spacial score (nSPS) is 25.6. The van der Waals surface area contributed by atoms with Gasteiger partial charge in [0.15, 0.2) is 0 Å². The Bertz CT molecular complexity index is 442. The van der Waals surface area contributed by atoms with Gasteiger partial charge in [0.2, 0.25) is 0 Å². The van der Waals surface area contributed by atoms with E-state index >= 15 is 0 Å². The highest BCUT2D eigenvalue weighted by Gasteiger charge is 2.38. The molecule has 3 rings (SSSR count). The average molecular weight is 291 g/mol. The average Bonchev–Trinajstić information content (AvgIpc) is 2.38. The molecule has 0 aliphatic carbocycles. The highest BCUT2D eigenvalue weighted by molar-refractivity contribution is 7.99. The molecule has 0 saturated carbocycles. The Morgan fingerprint density at radius 2 is 1.85 bits per heavy atom. The van der Waals surface area contributed by atoms with Crippen molar-refractivity contribution in [3.8, 4) is 0 Å². The zero-order chi connectivity index (χ0) is 14.0. The Balaban J connectivity index is 1.67. The molecule has 0 amide bonds. The van der Waals surface area contributed by atoms with Crippen LogP contribution in [0.15, 0.2) is 18.2 Å².